The van der Waals surface area contributed by atoms with Gasteiger partial charge in [0.05, 0.1) is 12.1 Å². The number of carbonyl (C=O) groups excluding carboxylic acids is 1. The highest BCUT2D eigenvalue weighted by Gasteiger charge is 2.31. The summed E-state index contributed by atoms with van der Waals surface area (Å²) >= 11 is 0. The van der Waals surface area contributed by atoms with Crippen molar-refractivity contribution in [1.82, 2.24) is 5.32 Å². The predicted molar refractivity (Wildman–Crippen MR) is 70.0 cm³/mol. The van der Waals surface area contributed by atoms with Gasteiger partial charge in [0.2, 0.25) is 5.91 Å². The number of hydrogen-bond donors (Lipinski definition) is 2. The fraction of sp³-hybridized carbons (Fsp3) is 0.500. The molecule has 4 heteroatoms. The van der Waals surface area contributed by atoms with Crippen LogP contribution in [0.5, 0.6) is 0 Å². The molecule has 1 aromatic carbocycles. The normalized spacial score (nSPS) is 25.4. The second kappa shape index (κ2) is 5.50. The average Bonchev–Trinajstić information content (AvgIpc) is 2.39. The first-order valence-corrected chi connectivity index (χ1v) is 6.31. The van der Waals surface area contributed by atoms with Crippen LogP contribution < -0.4 is 11.1 Å². The molecule has 4 nitrogen and oxygen atoms in total. The van der Waals surface area contributed by atoms with Crippen LogP contribution in [-0.2, 0) is 9.53 Å². The van der Waals surface area contributed by atoms with Crippen LogP contribution in [0, 0.1) is 0 Å². The van der Waals surface area contributed by atoms with Crippen LogP contribution in [0.25, 0.3) is 0 Å². The van der Waals surface area contributed by atoms with E-state index in [1.165, 1.54) is 0 Å². The minimum Gasteiger partial charge on any atom is -0.379 e. The zero-order valence-corrected chi connectivity index (χ0v) is 10.7. The Bertz CT molecular complexity index is 400. The molecule has 0 spiro atoms. The fourth-order valence-corrected chi connectivity index (χ4v) is 2.22. The van der Waals surface area contributed by atoms with Gasteiger partial charge in [0.15, 0.2) is 0 Å². The molecule has 0 aliphatic carbocycles. The Hall–Kier alpha value is -1.39. The highest BCUT2D eigenvalue weighted by atomic mass is 16.5. The molecule has 98 valence electrons. The molecule has 2 atom stereocenters. The highest BCUT2D eigenvalue weighted by molar-refractivity contribution is 5.83. The van der Waals surface area contributed by atoms with Gasteiger partial charge in [0.25, 0.3) is 0 Å². The molecule has 0 radical (unpaired) electrons. The van der Waals surface area contributed by atoms with Gasteiger partial charge in [-0.2, -0.15) is 0 Å². The van der Waals surface area contributed by atoms with E-state index in [0.717, 1.165) is 25.0 Å². The molecule has 1 fully saturated rings. The lowest BCUT2D eigenvalue weighted by Crippen LogP contribution is -2.53. The van der Waals surface area contributed by atoms with Crippen LogP contribution in [-0.4, -0.2) is 24.7 Å². The number of carbonyl (C=O) groups is 1. The molecule has 0 aromatic heterocycles. The molecule has 1 aliphatic heterocycles. The second-order valence-corrected chi connectivity index (χ2v) is 5.09. The Morgan fingerprint density at radius 3 is 2.78 bits per heavy atom. The van der Waals surface area contributed by atoms with Crippen LogP contribution >= 0.6 is 0 Å². The van der Waals surface area contributed by atoms with E-state index in [0.29, 0.717) is 6.61 Å². The van der Waals surface area contributed by atoms with Gasteiger partial charge in [0.1, 0.15) is 6.04 Å². The monoisotopic (exact) mass is 248 g/mol. The predicted octanol–water partition coefficient (Wildman–Crippen LogP) is 1.37. The first kappa shape index (κ1) is 13.1. The minimum absolute atomic E-state index is 0.144. The summed E-state index contributed by atoms with van der Waals surface area (Å²) in [6.07, 6.45) is 1.90. The topological polar surface area (TPSA) is 64.4 Å². The molecule has 1 aromatic rings. The van der Waals surface area contributed by atoms with E-state index >= 15 is 0 Å². The van der Waals surface area contributed by atoms with E-state index in [9.17, 15) is 4.79 Å². The molecule has 1 heterocycles. The molecule has 1 aliphatic rings. The summed E-state index contributed by atoms with van der Waals surface area (Å²) in [5.74, 6) is -0.144. The lowest BCUT2D eigenvalue weighted by atomic mass is 9.94. The lowest BCUT2D eigenvalue weighted by Gasteiger charge is -2.35. The van der Waals surface area contributed by atoms with Crippen molar-refractivity contribution in [2.75, 3.05) is 13.2 Å². The number of benzene rings is 1. The number of ether oxygens (including phenoxy) is 1. The van der Waals surface area contributed by atoms with Gasteiger partial charge < -0.3 is 15.8 Å². The Morgan fingerprint density at radius 1 is 1.44 bits per heavy atom. The van der Waals surface area contributed by atoms with Gasteiger partial charge in [-0.3, -0.25) is 4.79 Å². The molecule has 2 rings (SSSR count). The van der Waals surface area contributed by atoms with Crippen molar-refractivity contribution >= 4 is 5.91 Å². The summed E-state index contributed by atoms with van der Waals surface area (Å²) in [5.41, 5.74) is 6.50. The zero-order chi connectivity index (χ0) is 13.0. The van der Waals surface area contributed by atoms with Gasteiger partial charge >= 0.3 is 0 Å². The van der Waals surface area contributed by atoms with Gasteiger partial charge in [-0.05, 0) is 25.3 Å². The van der Waals surface area contributed by atoms with Crippen molar-refractivity contribution in [2.45, 2.75) is 31.3 Å². The van der Waals surface area contributed by atoms with Crippen molar-refractivity contribution in [3.05, 3.63) is 35.9 Å². The second-order valence-electron chi connectivity index (χ2n) is 5.09. The molecular formula is C14H20N2O2. The van der Waals surface area contributed by atoms with E-state index in [1.807, 2.05) is 37.3 Å². The average molecular weight is 248 g/mol. The number of hydrogen-bond acceptors (Lipinski definition) is 3. The summed E-state index contributed by atoms with van der Waals surface area (Å²) < 4.78 is 5.42. The Morgan fingerprint density at radius 2 is 2.17 bits per heavy atom. The molecule has 1 amide bonds. The quantitative estimate of drug-likeness (QED) is 0.849. The number of rotatable bonds is 3. The summed E-state index contributed by atoms with van der Waals surface area (Å²) in [7, 11) is 0. The lowest BCUT2D eigenvalue weighted by molar-refractivity contribution is -0.126. The Kier molecular flexibility index (Phi) is 3.99. The SMILES string of the molecule is CC1(NC(=O)[C@@H](N)c2ccccc2)CCCOC1. The van der Waals surface area contributed by atoms with Gasteiger partial charge in [-0.15, -0.1) is 0 Å². The fourth-order valence-electron chi connectivity index (χ4n) is 2.22. The van der Waals surface area contributed by atoms with Crippen molar-refractivity contribution in [2.24, 2.45) is 5.73 Å². The summed E-state index contributed by atoms with van der Waals surface area (Å²) in [6.45, 7) is 3.33. The van der Waals surface area contributed by atoms with Gasteiger partial charge in [-0.25, -0.2) is 0 Å². The molecule has 0 saturated carbocycles. The van der Waals surface area contributed by atoms with Crippen LogP contribution in [0.15, 0.2) is 30.3 Å². The summed E-state index contributed by atoms with van der Waals surface area (Å²) in [4.78, 5) is 12.1. The molecular weight excluding hydrogens is 228 g/mol. The molecule has 1 saturated heterocycles. The third-order valence-corrected chi connectivity index (χ3v) is 3.30. The van der Waals surface area contributed by atoms with Crippen molar-refractivity contribution in [1.29, 1.82) is 0 Å². The van der Waals surface area contributed by atoms with Crippen molar-refractivity contribution in [3.63, 3.8) is 0 Å². The summed E-state index contributed by atoms with van der Waals surface area (Å²) in [6, 6.07) is 8.78. The van der Waals surface area contributed by atoms with E-state index in [4.69, 9.17) is 10.5 Å². The van der Waals surface area contributed by atoms with Crippen molar-refractivity contribution in [3.8, 4) is 0 Å². The van der Waals surface area contributed by atoms with Crippen LogP contribution in [0.1, 0.15) is 31.4 Å². The molecule has 18 heavy (non-hydrogen) atoms. The maximum absolute atomic E-state index is 12.1. The largest absolute Gasteiger partial charge is 0.379 e. The zero-order valence-electron chi connectivity index (χ0n) is 10.7. The standard InChI is InChI=1S/C14H20N2O2/c1-14(8-5-9-18-10-14)16-13(17)12(15)11-6-3-2-4-7-11/h2-4,6-7,12H,5,8-10,15H2,1H3,(H,16,17)/t12-,14?/m0/s1. The van der Waals surface area contributed by atoms with Crippen LogP contribution in [0.3, 0.4) is 0 Å². The van der Waals surface area contributed by atoms with E-state index in [-0.39, 0.29) is 11.4 Å². The number of nitrogens with one attached hydrogen (secondary N) is 1. The number of amides is 1. The molecule has 1 unspecified atom stereocenters. The van der Waals surface area contributed by atoms with E-state index < -0.39 is 6.04 Å². The van der Waals surface area contributed by atoms with Gasteiger partial charge in [-0.1, -0.05) is 30.3 Å². The van der Waals surface area contributed by atoms with Crippen LogP contribution in [0.4, 0.5) is 0 Å². The molecule has 3 N–H and O–H groups in total. The van der Waals surface area contributed by atoms with E-state index in [2.05, 4.69) is 5.32 Å². The van der Waals surface area contributed by atoms with Crippen LogP contribution in [0.2, 0.25) is 0 Å². The highest BCUT2D eigenvalue weighted by Crippen LogP contribution is 2.20. The smallest absolute Gasteiger partial charge is 0.242 e. The third-order valence-electron chi connectivity index (χ3n) is 3.30. The maximum Gasteiger partial charge on any atom is 0.242 e. The minimum atomic E-state index is -0.620. The molecule has 0 bridgehead atoms. The first-order chi connectivity index (χ1) is 8.61. The first-order valence-electron chi connectivity index (χ1n) is 6.31. The Labute approximate surface area is 108 Å². The summed E-state index contributed by atoms with van der Waals surface area (Å²) in [5, 5.41) is 3.00. The third kappa shape index (κ3) is 3.09. The number of nitrogens with two attached hydrogens (primary N) is 1. The maximum atomic E-state index is 12.1. The van der Waals surface area contributed by atoms with Gasteiger partial charge in [0, 0.05) is 6.61 Å². The van der Waals surface area contributed by atoms with E-state index in [1.54, 1.807) is 0 Å². The van der Waals surface area contributed by atoms with Crippen molar-refractivity contribution < 1.29 is 9.53 Å². The Balaban J connectivity index is 1.99.